The fourth-order valence-electron chi connectivity index (χ4n) is 2.26. The van der Waals surface area contributed by atoms with Gasteiger partial charge in [-0.3, -0.25) is 4.79 Å². The molecule has 21 heavy (non-hydrogen) atoms. The van der Waals surface area contributed by atoms with Crippen molar-refractivity contribution in [2.75, 3.05) is 32.7 Å². The highest BCUT2D eigenvalue weighted by Gasteiger charge is 2.38. The van der Waals surface area contributed by atoms with Crippen LogP contribution in [0.5, 0.6) is 5.75 Å². The van der Waals surface area contributed by atoms with Crippen LogP contribution in [0.3, 0.4) is 0 Å². The van der Waals surface area contributed by atoms with E-state index >= 15 is 0 Å². The minimum atomic E-state index is -0.963. The predicted octanol–water partition coefficient (Wildman–Crippen LogP) is 1.26. The second-order valence-corrected chi connectivity index (χ2v) is 4.79. The van der Waals surface area contributed by atoms with Crippen molar-refractivity contribution in [1.82, 2.24) is 4.90 Å². The van der Waals surface area contributed by atoms with Crippen molar-refractivity contribution >= 4 is 17.7 Å². The normalized spacial score (nSPS) is 20.9. The Morgan fingerprint density at radius 2 is 2.10 bits per heavy atom. The summed E-state index contributed by atoms with van der Waals surface area (Å²) in [4.78, 5) is 24.7. The van der Waals surface area contributed by atoms with Crippen LogP contribution in [0.2, 0.25) is 0 Å². The number of nitrogens with one attached hydrogen (secondary N) is 1. The highest BCUT2D eigenvalue weighted by Crippen LogP contribution is 2.25. The van der Waals surface area contributed by atoms with Crippen LogP contribution in [0.15, 0.2) is 24.3 Å². The number of rotatable bonds is 4. The number of hydrogen-bond acceptors (Lipinski definition) is 4. The molecule has 2 atom stereocenters. The van der Waals surface area contributed by atoms with Crippen molar-refractivity contribution in [3.05, 3.63) is 24.3 Å². The van der Waals surface area contributed by atoms with Crippen LogP contribution in [-0.2, 0) is 9.53 Å². The van der Waals surface area contributed by atoms with E-state index in [-0.39, 0.29) is 13.2 Å². The van der Waals surface area contributed by atoms with Gasteiger partial charge in [0.15, 0.2) is 0 Å². The summed E-state index contributed by atoms with van der Waals surface area (Å²) in [5, 5.41) is 11.8. The molecule has 1 fully saturated rings. The van der Waals surface area contributed by atoms with Crippen molar-refractivity contribution < 1.29 is 24.2 Å². The zero-order valence-electron chi connectivity index (χ0n) is 11.9. The number of anilines is 1. The minimum absolute atomic E-state index is 0.117. The first-order valence-electron chi connectivity index (χ1n) is 6.52. The van der Waals surface area contributed by atoms with E-state index in [4.69, 9.17) is 14.6 Å². The standard InChI is InChI=1S/C14H18N2O5/c1-16(11-8-21-7-9(11)13(17)18)14(19)15-10-5-3-4-6-12(10)20-2/h3-6,9,11H,7-8H2,1-2H3,(H,15,19)(H,17,18). The molecular formula is C14H18N2O5. The zero-order chi connectivity index (χ0) is 15.4. The number of benzene rings is 1. The van der Waals surface area contributed by atoms with E-state index in [1.54, 1.807) is 31.3 Å². The number of hydrogen-bond donors (Lipinski definition) is 2. The topological polar surface area (TPSA) is 88.1 Å². The third kappa shape index (κ3) is 3.25. The number of urea groups is 1. The molecule has 1 aromatic carbocycles. The summed E-state index contributed by atoms with van der Waals surface area (Å²) >= 11 is 0. The number of amides is 2. The predicted molar refractivity (Wildman–Crippen MR) is 75.5 cm³/mol. The molecule has 2 unspecified atom stereocenters. The molecule has 0 radical (unpaired) electrons. The molecule has 1 aliphatic heterocycles. The Kier molecular flexibility index (Phi) is 4.64. The fraction of sp³-hybridized carbons (Fsp3) is 0.429. The molecule has 1 heterocycles. The molecule has 2 N–H and O–H groups in total. The van der Waals surface area contributed by atoms with E-state index in [0.29, 0.717) is 11.4 Å². The lowest BCUT2D eigenvalue weighted by Crippen LogP contribution is -2.45. The van der Waals surface area contributed by atoms with Gasteiger partial charge in [-0.15, -0.1) is 0 Å². The third-order valence-corrected chi connectivity index (χ3v) is 3.53. The van der Waals surface area contributed by atoms with Crippen LogP contribution in [0.4, 0.5) is 10.5 Å². The number of nitrogens with zero attached hydrogens (tertiary/aromatic N) is 1. The average Bonchev–Trinajstić information content (AvgIpc) is 2.96. The van der Waals surface area contributed by atoms with Gasteiger partial charge in [0, 0.05) is 7.05 Å². The largest absolute Gasteiger partial charge is 0.495 e. The van der Waals surface area contributed by atoms with Gasteiger partial charge >= 0.3 is 12.0 Å². The van der Waals surface area contributed by atoms with Crippen LogP contribution < -0.4 is 10.1 Å². The van der Waals surface area contributed by atoms with Crippen molar-refractivity contribution in [2.24, 2.45) is 5.92 Å². The highest BCUT2D eigenvalue weighted by molar-refractivity contribution is 5.91. The Balaban J connectivity index is 2.07. The number of carboxylic acids is 1. The molecule has 0 aliphatic carbocycles. The molecule has 7 nitrogen and oxygen atoms in total. The van der Waals surface area contributed by atoms with Gasteiger partial charge in [0.05, 0.1) is 32.1 Å². The van der Waals surface area contributed by atoms with E-state index < -0.39 is 24.0 Å². The van der Waals surface area contributed by atoms with E-state index in [1.165, 1.54) is 12.0 Å². The number of ether oxygens (including phenoxy) is 2. The number of carboxylic acid groups (broad SMARTS) is 1. The number of para-hydroxylation sites is 2. The lowest BCUT2D eigenvalue weighted by Gasteiger charge is -2.26. The first-order chi connectivity index (χ1) is 10.0. The fourth-order valence-corrected chi connectivity index (χ4v) is 2.26. The van der Waals surface area contributed by atoms with Gasteiger partial charge in [-0.1, -0.05) is 12.1 Å². The Labute approximate surface area is 122 Å². The van der Waals surface area contributed by atoms with Crippen LogP contribution in [0.1, 0.15) is 0 Å². The van der Waals surface area contributed by atoms with Gasteiger partial charge < -0.3 is 24.8 Å². The molecular weight excluding hydrogens is 276 g/mol. The van der Waals surface area contributed by atoms with E-state index in [9.17, 15) is 9.59 Å². The van der Waals surface area contributed by atoms with Crippen molar-refractivity contribution in [2.45, 2.75) is 6.04 Å². The van der Waals surface area contributed by atoms with Crippen molar-refractivity contribution in [1.29, 1.82) is 0 Å². The number of carbonyl (C=O) groups excluding carboxylic acids is 1. The summed E-state index contributed by atoms with van der Waals surface area (Å²) < 4.78 is 10.3. The maximum absolute atomic E-state index is 12.2. The van der Waals surface area contributed by atoms with Gasteiger partial charge in [0.2, 0.25) is 0 Å². The maximum atomic E-state index is 12.2. The van der Waals surface area contributed by atoms with Gasteiger partial charge in [0.1, 0.15) is 11.7 Å². The smallest absolute Gasteiger partial charge is 0.322 e. The second-order valence-electron chi connectivity index (χ2n) is 4.79. The first-order valence-corrected chi connectivity index (χ1v) is 6.52. The summed E-state index contributed by atoms with van der Waals surface area (Å²) in [5.41, 5.74) is 0.530. The van der Waals surface area contributed by atoms with E-state index in [1.807, 2.05) is 0 Å². The summed E-state index contributed by atoms with van der Waals surface area (Å²) in [6, 6.07) is 6.12. The van der Waals surface area contributed by atoms with Crippen molar-refractivity contribution in [3.63, 3.8) is 0 Å². The third-order valence-electron chi connectivity index (χ3n) is 3.53. The van der Waals surface area contributed by atoms with Crippen molar-refractivity contribution in [3.8, 4) is 5.75 Å². The summed E-state index contributed by atoms with van der Waals surface area (Å²) in [5.74, 6) is -1.13. The number of carbonyl (C=O) groups is 2. The van der Waals surface area contributed by atoms with E-state index in [0.717, 1.165) is 0 Å². The van der Waals surface area contributed by atoms with Gasteiger partial charge in [-0.25, -0.2) is 4.79 Å². The molecule has 2 rings (SSSR count). The molecule has 0 aromatic heterocycles. The van der Waals surface area contributed by atoms with Crippen LogP contribution in [-0.4, -0.2) is 55.4 Å². The summed E-state index contributed by atoms with van der Waals surface area (Å²) in [6.07, 6.45) is 0. The molecule has 114 valence electrons. The molecule has 1 saturated heterocycles. The molecule has 0 spiro atoms. The minimum Gasteiger partial charge on any atom is -0.495 e. The van der Waals surface area contributed by atoms with Crippen LogP contribution >= 0.6 is 0 Å². The lowest BCUT2D eigenvalue weighted by atomic mass is 10.0. The molecule has 1 aliphatic rings. The Morgan fingerprint density at radius 3 is 2.76 bits per heavy atom. The lowest BCUT2D eigenvalue weighted by molar-refractivity contribution is -0.142. The number of aliphatic carboxylic acids is 1. The Bertz CT molecular complexity index is 534. The number of methoxy groups -OCH3 is 1. The number of likely N-dealkylation sites (N-methyl/N-ethyl adjacent to an activating group) is 1. The summed E-state index contributed by atoms with van der Waals surface area (Å²) in [6.45, 7) is 0.332. The average molecular weight is 294 g/mol. The molecule has 7 heteroatoms. The van der Waals surface area contributed by atoms with Gasteiger partial charge in [0.25, 0.3) is 0 Å². The quantitative estimate of drug-likeness (QED) is 0.872. The molecule has 0 bridgehead atoms. The highest BCUT2D eigenvalue weighted by atomic mass is 16.5. The molecule has 2 amide bonds. The molecule has 1 aromatic rings. The zero-order valence-corrected chi connectivity index (χ0v) is 11.9. The maximum Gasteiger partial charge on any atom is 0.322 e. The summed E-state index contributed by atoms with van der Waals surface area (Å²) in [7, 11) is 3.07. The second kappa shape index (κ2) is 6.45. The van der Waals surface area contributed by atoms with Crippen LogP contribution in [0, 0.1) is 5.92 Å². The SMILES string of the molecule is COc1ccccc1NC(=O)N(C)C1COCC1C(=O)O. The van der Waals surface area contributed by atoms with E-state index in [2.05, 4.69) is 5.32 Å². The Morgan fingerprint density at radius 1 is 1.38 bits per heavy atom. The van der Waals surface area contributed by atoms with Crippen LogP contribution in [0.25, 0.3) is 0 Å². The Hall–Kier alpha value is -2.28. The monoisotopic (exact) mass is 294 g/mol. The van der Waals surface area contributed by atoms with Gasteiger partial charge in [-0.05, 0) is 12.1 Å². The first kappa shape index (κ1) is 15.1. The molecule has 0 saturated carbocycles. The van der Waals surface area contributed by atoms with Gasteiger partial charge in [-0.2, -0.15) is 0 Å².